The van der Waals surface area contributed by atoms with E-state index in [2.05, 4.69) is 6.07 Å². The molecule has 0 aliphatic carbocycles. The molecule has 1 saturated heterocycles. The molecule has 0 aromatic heterocycles. The van der Waals surface area contributed by atoms with Crippen LogP contribution in [0.3, 0.4) is 0 Å². The van der Waals surface area contributed by atoms with E-state index in [-0.39, 0.29) is 29.5 Å². The summed E-state index contributed by atoms with van der Waals surface area (Å²) in [5, 5.41) is 8.92. The number of piperidine rings is 1. The largest absolute Gasteiger partial charge is 0.416 e. The van der Waals surface area contributed by atoms with E-state index in [1.54, 1.807) is 6.07 Å². The van der Waals surface area contributed by atoms with Gasteiger partial charge in [0.25, 0.3) is 5.91 Å². The van der Waals surface area contributed by atoms with Crippen LogP contribution in [-0.2, 0) is 19.3 Å². The fourth-order valence-electron chi connectivity index (χ4n) is 3.43. The van der Waals surface area contributed by atoms with Crippen LogP contribution in [0.15, 0.2) is 12.1 Å². The average molecular weight is 337 g/mol. The van der Waals surface area contributed by atoms with Crippen LogP contribution in [0.25, 0.3) is 0 Å². The van der Waals surface area contributed by atoms with Crippen molar-refractivity contribution >= 4 is 5.91 Å². The van der Waals surface area contributed by atoms with Gasteiger partial charge in [0, 0.05) is 31.6 Å². The number of likely N-dealkylation sites (tertiary alicyclic amines) is 1. The van der Waals surface area contributed by atoms with Crippen LogP contribution in [0.2, 0.25) is 0 Å². The number of carbonyl (C=O) groups excluding carboxylic acids is 1. The summed E-state index contributed by atoms with van der Waals surface area (Å²) in [6, 6.07) is 4.99. The number of hydrogen-bond donors (Lipinski definition) is 0. The van der Waals surface area contributed by atoms with Crippen LogP contribution in [-0.4, -0.2) is 35.8 Å². The van der Waals surface area contributed by atoms with Gasteiger partial charge in [-0.15, -0.1) is 0 Å². The molecule has 24 heavy (non-hydrogen) atoms. The normalized spacial score (nSPS) is 19.5. The molecule has 128 valence electrons. The zero-order valence-corrected chi connectivity index (χ0v) is 13.4. The minimum Gasteiger partial charge on any atom is -0.337 e. The third-order valence-corrected chi connectivity index (χ3v) is 4.76. The zero-order valence-electron chi connectivity index (χ0n) is 13.4. The molecular formula is C17H18F3N3O. The molecule has 7 heteroatoms. The monoisotopic (exact) mass is 337 g/mol. The van der Waals surface area contributed by atoms with Gasteiger partial charge in [0.05, 0.1) is 11.6 Å². The molecule has 0 unspecified atom stereocenters. The molecule has 0 N–H and O–H groups in total. The summed E-state index contributed by atoms with van der Waals surface area (Å²) in [6.45, 7) is 1.73. The Bertz CT molecular complexity index is 700. The number of hydrogen-bond acceptors (Lipinski definition) is 3. The summed E-state index contributed by atoms with van der Waals surface area (Å²) in [5.74, 6) is -0.331. The number of halogens is 3. The molecule has 3 rings (SSSR count). The molecule has 2 aliphatic heterocycles. The lowest BCUT2D eigenvalue weighted by Gasteiger charge is -2.29. The van der Waals surface area contributed by atoms with Gasteiger partial charge in [-0.1, -0.05) is 0 Å². The highest BCUT2D eigenvalue weighted by atomic mass is 19.4. The van der Waals surface area contributed by atoms with Crippen molar-refractivity contribution in [2.24, 2.45) is 5.92 Å². The number of benzene rings is 1. The number of nitrogens with zero attached hydrogens (tertiary/aromatic N) is 3. The number of amides is 1. The summed E-state index contributed by atoms with van der Waals surface area (Å²) in [5.41, 5.74) is 0.0240. The SMILES string of the molecule is CN1Cc2c(cc(CN3CCC(C#N)CC3)cc2C(F)(F)F)C1=O. The minimum absolute atomic E-state index is 0.00312. The summed E-state index contributed by atoms with van der Waals surface area (Å²) >= 11 is 0. The predicted octanol–water partition coefficient (Wildman–Crippen LogP) is 3.03. The van der Waals surface area contributed by atoms with Crippen LogP contribution in [0.4, 0.5) is 13.2 Å². The third kappa shape index (κ3) is 3.11. The first-order valence-corrected chi connectivity index (χ1v) is 7.90. The highest BCUT2D eigenvalue weighted by molar-refractivity contribution is 5.98. The van der Waals surface area contributed by atoms with E-state index in [1.165, 1.54) is 18.0 Å². The first-order chi connectivity index (χ1) is 11.3. The molecule has 1 aromatic rings. The van der Waals surface area contributed by atoms with E-state index < -0.39 is 11.7 Å². The molecule has 2 aliphatic rings. The van der Waals surface area contributed by atoms with Crippen LogP contribution in [0, 0.1) is 17.2 Å². The van der Waals surface area contributed by atoms with E-state index in [0.29, 0.717) is 25.2 Å². The van der Waals surface area contributed by atoms with Gasteiger partial charge in [-0.25, -0.2) is 0 Å². The minimum atomic E-state index is -4.47. The summed E-state index contributed by atoms with van der Waals surface area (Å²) in [7, 11) is 1.51. The maximum Gasteiger partial charge on any atom is 0.416 e. The lowest BCUT2D eigenvalue weighted by Crippen LogP contribution is -2.33. The Morgan fingerprint density at radius 3 is 2.54 bits per heavy atom. The number of fused-ring (bicyclic) bond motifs is 1. The van der Waals surface area contributed by atoms with E-state index >= 15 is 0 Å². The Kier molecular flexibility index (Phi) is 4.26. The van der Waals surface area contributed by atoms with Crippen LogP contribution >= 0.6 is 0 Å². The van der Waals surface area contributed by atoms with E-state index in [4.69, 9.17) is 5.26 Å². The Hall–Kier alpha value is -2.07. The molecule has 1 amide bonds. The summed E-state index contributed by atoms with van der Waals surface area (Å²) in [6.07, 6.45) is -3.01. The molecule has 0 radical (unpaired) electrons. The molecule has 1 fully saturated rings. The van der Waals surface area contributed by atoms with Gasteiger partial charge < -0.3 is 4.90 Å². The standard InChI is InChI=1S/C17H18F3N3O/c1-22-10-14-13(16(22)24)6-12(7-15(14)17(18,19)20)9-23-4-2-11(8-21)3-5-23/h6-7,11H,2-5,9-10H2,1H3. The van der Waals surface area contributed by atoms with Crippen molar-refractivity contribution in [3.8, 4) is 6.07 Å². The second-order valence-corrected chi connectivity index (χ2v) is 6.51. The van der Waals surface area contributed by atoms with Crippen molar-refractivity contribution < 1.29 is 18.0 Å². The molecule has 0 spiro atoms. The van der Waals surface area contributed by atoms with Crippen LogP contribution in [0.1, 0.15) is 39.9 Å². The second kappa shape index (κ2) is 6.10. The number of carbonyl (C=O) groups is 1. The third-order valence-electron chi connectivity index (χ3n) is 4.76. The number of rotatable bonds is 2. The molecule has 0 saturated carbocycles. The lowest BCUT2D eigenvalue weighted by atomic mass is 9.96. The predicted molar refractivity (Wildman–Crippen MR) is 80.9 cm³/mol. The first-order valence-electron chi connectivity index (χ1n) is 7.90. The Balaban J connectivity index is 1.88. The van der Waals surface area contributed by atoms with Crippen LogP contribution < -0.4 is 0 Å². The fraction of sp³-hybridized carbons (Fsp3) is 0.529. The van der Waals surface area contributed by atoms with Gasteiger partial charge in [-0.3, -0.25) is 9.69 Å². The van der Waals surface area contributed by atoms with Crippen molar-refractivity contribution in [2.45, 2.75) is 32.1 Å². The smallest absolute Gasteiger partial charge is 0.337 e. The van der Waals surface area contributed by atoms with Crippen molar-refractivity contribution in [3.05, 3.63) is 34.4 Å². The molecular weight excluding hydrogens is 319 g/mol. The maximum atomic E-state index is 13.4. The van der Waals surface area contributed by atoms with E-state index in [1.807, 2.05) is 4.90 Å². The average Bonchev–Trinajstić information content (AvgIpc) is 2.82. The van der Waals surface area contributed by atoms with Gasteiger partial charge in [-0.05, 0) is 49.2 Å². The Labute approximate surface area is 138 Å². The number of alkyl halides is 3. The Morgan fingerprint density at radius 1 is 1.29 bits per heavy atom. The molecule has 0 atom stereocenters. The lowest BCUT2D eigenvalue weighted by molar-refractivity contribution is -0.138. The fourth-order valence-corrected chi connectivity index (χ4v) is 3.43. The van der Waals surface area contributed by atoms with Crippen LogP contribution in [0.5, 0.6) is 0 Å². The summed E-state index contributed by atoms with van der Waals surface area (Å²) in [4.78, 5) is 15.5. The highest BCUT2D eigenvalue weighted by Gasteiger charge is 2.39. The topological polar surface area (TPSA) is 47.3 Å². The maximum absolute atomic E-state index is 13.4. The van der Waals surface area contributed by atoms with Gasteiger partial charge in [0.15, 0.2) is 0 Å². The van der Waals surface area contributed by atoms with Crippen molar-refractivity contribution in [1.82, 2.24) is 9.80 Å². The van der Waals surface area contributed by atoms with Gasteiger partial charge in [0.1, 0.15) is 0 Å². The van der Waals surface area contributed by atoms with Gasteiger partial charge in [0.2, 0.25) is 0 Å². The van der Waals surface area contributed by atoms with E-state index in [0.717, 1.165) is 12.8 Å². The molecule has 2 heterocycles. The van der Waals surface area contributed by atoms with Gasteiger partial charge >= 0.3 is 6.18 Å². The quantitative estimate of drug-likeness (QED) is 0.833. The van der Waals surface area contributed by atoms with Crippen molar-refractivity contribution in [3.63, 3.8) is 0 Å². The summed E-state index contributed by atoms with van der Waals surface area (Å²) < 4.78 is 40.1. The second-order valence-electron chi connectivity index (χ2n) is 6.51. The van der Waals surface area contributed by atoms with E-state index in [9.17, 15) is 18.0 Å². The highest BCUT2D eigenvalue weighted by Crippen LogP contribution is 2.38. The molecule has 4 nitrogen and oxygen atoms in total. The zero-order chi connectivity index (χ0) is 17.5. The first kappa shape index (κ1) is 16.8. The van der Waals surface area contributed by atoms with Crippen molar-refractivity contribution in [2.75, 3.05) is 20.1 Å². The molecule has 0 bridgehead atoms. The van der Waals surface area contributed by atoms with Crippen molar-refractivity contribution in [1.29, 1.82) is 5.26 Å². The number of nitriles is 1. The Morgan fingerprint density at radius 2 is 1.96 bits per heavy atom. The molecule has 1 aromatic carbocycles. The van der Waals surface area contributed by atoms with Gasteiger partial charge in [-0.2, -0.15) is 18.4 Å².